The van der Waals surface area contributed by atoms with E-state index in [1.54, 1.807) is 31.6 Å². The smallest absolute Gasteiger partial charge is 0.247 e. The van der Waals surface area contributed by atoms with E-state index in [0.29, 0.717) is 32.5 Å². The fraction of sp³-hybridized carbons (Fsp3) is 0.645. The second-order valence-electron chi connectivity index (χ2n) is 10.9. The fourth-order valence-electron chi connectivity index (χ4n) is 5.42. The molecule has 3 N–H and O–H groups in total. The molecule has 1 saturated heterocycles. The van der Waals surface area contributed by atoms with Gasteiger partial charge >= 0.3 is 0 Å². The van der Waals surface area contributed by atoms with Crippen LogP contribution in [-0.4, -0.2) is 116 Å². The zero-order valence-corrected chi connectivity index (χ0v) is 26.2. The summed E-state index contributed by atoms with van der Waals surface area (Å²) in [7, 11) is 3.52. The third-order valence-corrected chi connectivity index (χ3v) is 8.07. The van der Waals surface area contributed by atoms with E-state index >= 15 is 0 Å². The molecule has 0 saturated carbocycles. The Kier molecular flexibility index (Phi) is 15.2. The lowest BCUT2D eigenvalue weighted by atomic mass is 10.0. The van der Waals surface area contributed by atoms with Crippen LogP contribution in [0.1, 0.15) is 53.4 Å². The molecular formula is C31H54N7O3+. The molecular weight excluding hydrogens is 518 g/mol. The molecule has 1 aliphatic carbocycles. The summed E-state index contributed by atoms with van der Waals surface area (Å²) >= 11 is 0. The number of likely N-dealkylation sites (tertiary alicyclic amines) is 1. The van der Waals surface area contributed by atoms with Crippen molar-refractivity contribution in [3.63, 3.8) is 0 Å². The molecule has 0 aromatic carbocycles. The van der Waals surface area contributed by atoms with Gasteiger partial charge in [-0.05, 0) is 52.3 Å². The number of allylic oxidation sites excluding steroid dienone is 6. The van der Waals surface area contributed by atoms with Crippen LogP contribution in [-0.2, 0) is 9.53 Å². The van der Waals surface area contributed by atoms with Crippen molar-refractivity contribution in [3.8, 4) is 0 Å². The first-order chi connectivity index (χ1) is 19.7. The first-order valence-corrected chi connectivity index (χ1v) is 15.1. The monoisotopic (exact) mass is 572 g/mol. The number of carbonyl (C=O) groups excluding carboxylic acids is 1. The van der Waals surface area contributed by atoms with E-state index in [0.717, 1.165) is 67.6 Å². The molecule has 1 fully saturated rings. The highest BCUT2D eigenvalue weighted by molar-refractivity contribution is 5.93. The van der Waals surface area contributed by atoms with Crippen molar-refractivity contribution in [2.75, 3.05) is 66.7 Å². The van der Waals surface area contributed by atoms with Crippen LogP contribution in [0.25, 0.3) is 0 Å². The van der Waals surface area contributed by atoms with Gasteiger partial charge < -0.3 is 19.6 Å². The summed E-state index contributed by atoms with van der Waals surface area (Å²) < 4.78 is 6.81. The second-order valence-corrected chi connectivity index (χ2v) is 10.9. The van der Waals surface area contributed by atoms with E-state index in [-0.39, 0.29) is 5.91 Å². The van der Waals surface area contributed by atoms with Gasteiger partial charge in [0.25, 0.3) is 0 Å². The minimum absolute atomic E-state index is 0.00419. The molecule has 230 valence electrons. The molecule has 41 heavy (non-hydrogen) atoms. The average molecular weight is 573 g/mol. The van der Waals surface area contributed by atoms with Gasteiger partial charge in [-0.2, -0.15) is 10.2 Å². The van der Waals surface area contributed by atoms with Crippen molar-refractivity contribution in [2.45, 2.75) is 65.0 Å². The Morgan fingerprint density at radius 3 is 2.80 bits per heavy atom. The number of hydrogen-bond acceptors (Lipinski definition) is 8. The van der Waals surface area contributed by atoms with E-state index < -0.39 is 5.60 Å². The molecule has 0 aromatic rings. The lowest BCUT2D eigenvalue weighted by molar-refractivity contribution is -0.917. The van der Waals surface area contributed by atoms with Crippen molar-refractivity contribution in [3.05, 3.63) is 47.7 Å². The van der Waals surface area contributed by atoms with Gasteiger partial charge in [-0.25, -0.2) is 5.43 Å². The molecule has 2 aliphatic rings. The lowest BCUT2D eigenvalue weighted by Gasteiger charge is -2.37. The van der Waals surface area contributed by atoms with Gasteiger partial charge in [0.2, 0.25) is 5.91 Å². The SMILES string of the molecule is C/C=N\N(NC)/C(C=NC)=C/C=C/[C@@]1(O)CC[N+](CC)(CCC(C)N(CC)COCCNC(=O)C2=CC=CCC2)C1. The topological polar surface area (TPSA) is 102 Å². The Balaban J connectivity index is 1.85. The highest BCUT2D eigenvalue weighted by Gasteiger charge is 2.45. The Bertz CT molecular complexity index is 990. The van der Waals surface area contributed by atoms with Crippen molar-refractivity contribution >= 4 is 18.3 Å². The number of nitrogens with zero attached hydrogens (tertiary/aromatic N) is 5. The lowest BCUT2D eigenvalue weighted by Crippen LogP contribution is -2.50. The van der Waals surface area contributed by atoms with Gasteiger partial charge in [0.05, 0.1) is 38.7 Å². The van der Waals surface area contributed by atoms with Crippen LogP contribution in [0.5, 0.6) is 0 Å². The Hall–Kier alpha value is -2.63. The highest BCUT2D eigenvalue weighted by Crippen LogP contribution is 2.30. The van der Waals surface area contributed by atoms with Crippen LogP contribution in [0.4, 0.5) is 0 Å². The number of aliphatic imine (C=N–C) groups is 1. The zero-order chi connectivity index (χ0) is 30.1. The number of nitrogens with one attached hydrogen (secondary N) is 2. The number of ether oxygens (including phenoxy) is 1. The minimum atomic E-state index is -0.843. The minimum Gasteiger partial charge on any atom is -0.380 e. The Labute approximate surface area is 247 Å². The van der Waals surface area contributed by atoms with Crippen LogP contribution >= 0.6 is 0 Å². The maximum atomic E-state index is 12.2. The van der Waals surface area contributed by atoms with Crippen molar-refractivity contribution in [1.29, 1.82) is 0 Å². The molecule has 0 aromatic heterocycles. The largest absolute Gasteiger partial charge is 0.380 e. The Morgan fingerprint density at radius 2 is 2.17 bits per heavy atom. The molecule has 10 heteroatoms. The molecule has 0 spiro atoms. The molecule has 2 unspecified atom stereocenters. The van der Waals surface area contributed by atoms with Gasteiger partial charge in [0.1, 0.15) is 12.1 Å². The van der Waals surface area contributed by atoms with Crippen molar-refractivity contribution in [2.24, 2.45) is 10.1 Å². The molecule has 0 radical (unpaired) electrons. The first-order valence-electron chi connectivity index (χ1n) is 15.1. The summed E-state index contributed by atoms with van der Waals surface area (Å²) in [5, 5.41) is 20.3. The molecule has 10 nitrogen and oxygen atoms in total. The summed E-state index contributed by atoms with van der Waals surface area (Å²) in [5.74, 6) is 0.00419. The van der Waals surface area contributed by atoms with Crippen LogP contribution in [0.15, 0.2) is 57.8 Å². The van der Waals surface area contributed by atoms with E-state index in [1.165, 1.54) is 0 Å². The van der Waals surface area contributed by atoms with Crippen LogP contribution in [0.3, 0.4) is 0 Å². The third-order valence-electron chi connectivity index (χ3n) is 8.07. The number of rotatable bonds is 18. The number of hydrogen-bond donors (Lipinski definition) is 3. The molecule has 1 heterocycles. The number of carbonyl (C=O) groups is 1. The molecule has 3 atom stereocenters. The number of likely N-dealkylation sites (N-methyl/N-ethyl adjacent to an activating group) is 1. The first kappa shape index (κ1) is 34.6. The average Bonchev–Trinajstić information content (AvgIpc) is 3.33. The highest BCUT2D eigenvalue weighted by atomic mass is 16.5. The number of hydrazine groups is 1. The number of aliphatic hydroxyl groups is 1. The number of hydrazone groups is 1. The van der Waals surface area contributed by atoms with Crippen LogP contribution in [0, 0.1) is 0 Å². The maximum Gasteiger partial charge on any atom is 0.247 e. The summed E-state index contributed by atoms with van der Waals surface area (Å²) in [6.07, 6.45) is 18.6. The summed E-state index contributed by atoms with van der Waals surface area (Å²) in [6, 6.07) is 0.352. The van der Waals surface area contributed by atoms with E-state index in [4.69, 9.17) is 4.74 Å². The van der Waals surface area contributed by atoms with Crippen molar-refractivity contribution in [1.82, 2.24) is 20.8 Å². The quantitative estimate of drug-likeness (QED) is 0.0583. The molecule has 0 bridgehead atoms. The normalized spacial score (nSPS) is 24.2. The summed E-state index contributed by atoms with van der Waals surface area (Å²) in [5.41, 5.74) is 3.79. The molecule has 2 rings (SSSR count). The Morgan fingerprint density at radius 1 is 1.37 bits per heavy atom. The van der Waals surface area contributed by atoms with Gasteiger partial charge in [-0.15, -0.1) is 0 Å². The molecule has 1 aliphatic heterocycles. The third kappa shape index (κ3) is 11.3. The second kappa shape index (κ2) is 18.0. The van der Waals surface area contributed by atoms with Gasteiger partial charge in [0.15, 0.2) is 0 Å². The summed E-state index contributed by atoms with van der Waals surface area (Å²) in [6.45, 7) is 14.6. The van der Waals surface area contributed by atoms with E-state index in [2.05, 4.69) is 52.6 Å². The van der Waals surface area contributed by atoms with Crippen molar-refractivity contribution < 1.29 is 19.1 Å². The van der Waals surface area contributed by atoms with Crippen LogP contribution in [0.2, 0.25) is 0 Å². The standard InChI is InChI=1S/C31H53N7O3/c1-7-35-37(33-6)29(24-32-5)16-13-18-31(40)19-22-38(9-3,25-31)21-17-27(4)36(8-2)26-41-23-20-34-30(39)28-14-11-10-12-15-28/h7,10-11,13-14,16,18,24,27,33,40H,8-9,12,15,17,19-23,25-26H2,1-6H3/p+1/b18-13+,29-16+,32-24?,35-7-/t27?,31-,38?/m1/s1. The van der Waals surface area contributed by atoms with Gasteiger partial charge in [0, 0.05) is 57.5 Å². The predicted molar refractivity (Wildman–Crippen MR) is 168 cm³/mol. The number of amides is 1. The summed E-state index contributed by atoms with van der Waals surface area (Å²) in [4.78, 5) is 18.7. The number of quaternary nitrogens is 1. The van der Waals surface area contributed by atoms with Crippen LogP contribution < -0.4 is 10.7 Å². The van der Waals surface area contributed by atoms with Gasteiger partial charge in [-0.1, -0.05) is 31.2 Å². The fourth-order valence-corrected chi connectivity index (χ4v) is 5.42. The maximum absolute atomic E-state index is 12.2. The zero-order valence-electron chi connectivity index (χ0n) is 26.2. The molecule has 1 amide bonds. The predicted octanol–water partition coefficient (Wildman–Crippen LogP) is 3.01. The van der Waals surface area contributed by atoms with E-state index in [1.807, 2.05) is 37.3 Å². The van der Waals surface area contributed by atoms with Gasteiger partial charge in [-0.3, -0.25) is 14.7 Å². The van der Waals surface area contributed by atoms with E-state index in [9.17, 15) is 9.90 Å².